The van der Waals surface area contributed by atoms with Gasteiger partial charge < -0.3 is 9.84 Å². The summed E-state index contributed by atoms with van der Waals surface area (Å²) in [5.74, 6) is -0.273. The fourth-order valence-electron chi connectivity index (χ4n) is 1.64. The fraction of sp³-hybridized carbons (Fsp3) is 0.929. The summed E-state index contributed by atoms with van der Waals surface area (Å²) in [4.78, 5) is 11.2. The lowest BCUT2D eigenvalue weighted by Gasteiger charge is -2.07. The molecule has 0 saturated carbocycles. The minimum absolute atomic E-state index is 0.132. The molecule has 0 aliphatic rings. The van der Waals surface area contributed by atoms with Crippen molar-refractivity contribution >= 4 is 5.97 Å². The first-order chi connectivity index (χ1) is 8.20. The van der Waals surface area contributed by atoms with Crippen LogP contribution in [0.3, 0.4) is 0 Å². The Kier molecular flexibility index (Phi) is 11.5. The molecule has 0 fully saturated rings. The van der Waals surface area contributed by atoms with Gasteiger partial charge in [0, 0.05) is 0 Å². The summed E-state index contributed by atoms with van der Waals surface area (Å²) < 4.78 is 5.04. The number of hydrogen-bond donors (Lipinski definition) is 1. The van der Waals surface area contributed by atoms with Gasteiger partial charge in [-0.15, -0.1) is 0 Å². The molecule has 0 aliphatic heterocycles. The van der Waals surface area contributed by atoms with E-state index in [1.54, 1.807) is 0 Å². The van der Waals surface area contributed by atoms with Gasteiger partial charge in [-0.05, 0) is 12.8 Å². The van der Waals surface area contributed by atoms with Gasteiger partial charge in [-0.3, -0.25) is 4.79 Å². The maximum atomic E-state index is 11.2. The van der Waals surface area contributed by atoms with Gasteiger partial charge in [0.05, 0.1) is 19.1 Å². The molecule has 0 radical (unpaired) electrons. The van der Waals surface area contributed by atoms with E-state index in [9.17, 15) is 9.90 Å². The Hall–Kier alpha value is -0.570. The van der Waals surface area contributed by atoms with E-state index in [0.29, 0.717) is 13.0 Å². The second-order valence-corrected chi connectivity index (χ2v) is 4.61. The topological polar surface area (TPSA) is 46.5 Å². The molecule has 3 heteroatoms. The number of rotatable bonds is 11. The van der Waals surface area contributed by atoms with Crippen molar-refractivity contribution in [3.63, 3.8) is 0 Å². The standard InChI is InChI=1S/C14H28O3/c1-3-5-6-7-8-9-10-11-17-14(16)12-13(15)4-2/h13,15H,3-12H2,1-2H3. The van der Waals surface area contributed by atoms with Gasteiger partial charge in [-0.25, -0.2) is 0 Å². The SMILES string of the molecule is CCCCCCCCCOC(=O)CC(O)CC. The molecule has 0 bridgehead atoms. The van der Waals surface area contributed by atoms with Gasteiger partial charge in [0.15, 0.2) is 0 Å². The molecule has 0 spiro atoms. The molecular formula is C14H28O3. The minimum atomic E-state index is -0.545. The van der Waals surface area contributed by atoms with Crippen molar-refractivity contribution in [1.29, 1.82) is 0 Å². The van der Waals surface area contributed by atoms with Crippen LogP contribution in [0.4, 0.5) is 0 Å². The first kappa shape index (κ1) is 16.4. The normalized spacial score (nSPS) is 12.4. The van der Waals surface area contributed by atoms with E-state index in [1.807, 2.05) is 6.92 Å². The van der Waals surface area contributed by atoms with E-state index in [4.69, 9.17) is 4.74 Å². The zero-order chi connectivity index (χ0) is 12.9. The molecular weight excluding hydrogens is 216 g/mol. The molecule has 0 heterocycles. The molecule has 1 unspecified atom stereocenters. The molecule has 17 heavy (non-hydrogen) atoms. The Bertz CT molecular complexity index is 180. The third-order valence-electron chi connectivity index (χ3n) is 2.88. The van der Waals surface area contributed by atoms with Crippen LogP contribution in [0.1, 0.15) is 71.6 Å². The van der Waals surface area contributed by atoms with Crippen LogP contribution in [0.25, 0.3) is 0 Å². The summed E-state index contributed by atoms with van der Waals surface area (Å²) in [5.41, 5.74) is 0. The summed E-state index contributed by atoms with van der Waals surface area (Å²) in [7, 11) is 0. The minimum Gasteiger partial charge on any atom is -0.466 e. The number of ether oxygens (including phenoxy) is 1. The second-order valence-electron chi connectivity index (χ2n) is 4.61. The summed E-state index contributed by atoms with van der Waals surface area (Å²) >= 11 is 0. The van der Waals surface area contributed by atoms with Crippen LogP contribution in [0.2, 0.25) is 0 Å². The molecule has 0 aliphatic carbocycles. The molecule has 1 atom stereocenters. The van der Waals surface area contributed by atoms with Crippen LogP contribution >= 0.6 is 0 Å². The number of carbonyl (C=O) groups is 1. The lowest BCUT2D eigenvalue weighted by atomic mass is 10.1. The average molecular weight is 244 g/mol. The molecule has 3 nitrogen and oxygen atoms in total. The van der Waals surface area contributed by atoms with Crippen molar-refractivity contribution in [2.24, 2.45) is 0 Å². The number of carbonyl (C=O) groups excluding carboxylic acids is 1. The van der Waals surface area contributed by atoms with Crippen molar-refractivity contribution < 1.29 is 14.6 Å². The van der Waals surface area contributed by atoms with Crippen LogP contribution < -0.4 is 0 Å². The highest BCUT2D eigenvalue weighted by atomic mass is 16.5. The van der Waals surface area contributed by atoms with E-state index in [1.165, 1.54) is 32.1 Å². The third-order valence-corrected chi connectivity index (χ3v) is 2.88. The number of hydrogen-bond acceptors (Lipinski definition) is 3. The van der Waals surface area contributed by atoms with E-state index >= 15 is 0 Å². The van der Waals surface area contributed by atoms with Crippen molar-refractivity contribution in [2.75, 3.05) is 6.61 Å². The number of unbranched alkanes of at least 4 members (excludes halogenated alkanes) is 6. The fourth-order valence-corrected chi connectivity index (χ4v) is 1.64. The predicted octanol–water partition coefficient (Wildman–Crippen LogP) is 3.44. The molecule has 0 saturated heterocycles. The average Bonchev–Trinajstić information content (AvgIpc) is 2.32. The summed E-state index contributed by atoms with van der Waals surface area (Å²) in [6.45, 7) is 4.57. The third kappa shape index (κ3) is 11.7. The van der Waals surface area contributed by atoms with Crippen molar-refractivity contribution in [2.45, 2.75) is 77.7 Å². The number of aliphatic hydroxyl groups is 1. The van der Waals surface area contributed by atoms with E-state index in [-0.39, 0.29) is 12.4 Å². The van der Waals surface area contributed by atoms with Crippen molar-refractivity contribution in [3.05, 3.63) is 0 Å². The predicted molar refractivity (Wildman–Crippen MR) is 69.9 cm³/mol. The molecule has 0 aromatic carbocycles. The Morgan fingerprint density at radius 3 is 2.24 bits per heavy atom. The van der Waals surface area contributed by atoms with Gasteiger partial charge in [0.25, 0.3) is 0 Å². The first-order valence-corrected chi connectivity index (χ1v) is 7.04. The van der Waals surface area contributed by atoms with Crippen LogP contribution in [-0.2, 0) is 9.53 Å². The van der Waals surface area contributed by atoms with Gasteiger partial charge in [-0.1, -0.05) is 52.4 Å². The summed E-state index contributed by atoms with van der Waals surface area (Å²) in [6, 6.07) is 0. The molecule has 0 aromatic heterocycles. The van der Waals surface area contributed by atoms with Crippen molar-refractivity contribution in [1.82, 2.24) is 0 Å². The van der Waals surface area contributed by atoms with E-state index in [0.717, 1.165) is 12.8 Å². The largest absolute Gasteiger partial charge is 0.466 e. The second kappa shape index (κ2) is 11.9. The van der Waals surface area contributed by atoms with Crippen LogP contribution in [-0.4, -0.2) is 23.8 Å². The molecule has 0 aromatic rings. The van der Waals surface area contributed by atoms with Crippen molar-refractivity contribution in [3.8, 4) is 0 Å². The molecule has 102 valence electrons. The lowest BCUT2D eigenvalue weighted by molar-refractivity contribution is -0.146. The van der Waals surface area contributed by atoms with Gasteiger partial charge in [0.1, 0.15) is 0 Å². The summed E-state index contributed by atoms with van der Waals surface area (Å²) in [6.07, 6.45) is 8.70. The zero-order valence-corrected chi connectivity index (χ0v) is 11.4. The number of esters is 1. The maximum absolute atomic E-state index is 11.2. The monoisotopic (exact) mass is 244 g/mol. The van der Waals surface area contributed by atoms with E-state index < -0.39 is 6.10 Å². The maximum Gasteiger partial charge on any atom is 0.308 e. The van der Waals surface area contributed by atoms with Crippen LogP contribution in [0.5, 0.6) is 0 Å². The highest BCUT2D eigenvalue weighted by Crippen LogP contribution is 2.07. The molecule has 1 N–H and O–H groups in total. The quantitative estimate of drug-likeness (QED) is 0.447. The highest BCUT2D eigenvalue weighted by molar-refractivity contribution is 5.69. The smallest absolute Gasteiger partial charge is 0.308 e. The molecule has 0 amide bonds. The molecule has 0 rings (SSSR count). The van der Waals surface area contributed by atoms with Gasteiger partial charge in [0.2, 0.25) is 0 Å². The summed E-state index contributed by atoms with van der Waals surface area (Å²) in [5, 5.41) is 9.25. The van der Waals surface area contributed by atoms with E-state index in [2.05, 4.69) is 6.92 Å². The van der Waals surface area contributed by atoms with Gasteiger partial charge in [-0.2, -0.15) is 0 Å². The first-order valence-electron chi connectivity index (χ1n) is 7.04. The van der Waals surface area contributed by atoms with Crippen LogP contribution in [0.15, 0.2) is 0 Å². The zero-order valence-electron chi connectivity index (χ0n) is 11.4. The van der Waals surface area contributed by atoms with Crippen LogP contribution in [0, 0.1) is 0 Å². The van der Waals surface area contributed by atoms with Gasteiger partial charge >= 0.3 is 5.97 Å². The Labute approximate surface area is 106 Å². The lowest BCUT2D eigenvalue weighted by Crippen LogP contribution is -2.15. The Balaban J connectivity index is 3.19. The highest BCUT2D eigenvalue weighted by Gasteiger charge is 2.09. The Morgan fingerprint density at radius 2 is 1.65 bits per heavy atom. The Morgan fingerprint density at radius 1 is 1.06 bits per heavy atom. The number of aliphatic hydroxyl groups excluding tert-OH is 1.